The molecule has 116 valence electrons. The van der Waals surface area contributed by atoms with Crippen molar-refractivity contribution in [2.45, 2.75) is 36.9 Å². The average Bonchev–Trinajstić information content (AvgIpc) is 3.08. The summed E-state index contributed by atoms with van der Waals surface area (Å²) in [5.74, 6) is 2.33. The van der Waals surface area contributed by atoms with E-state index in [2.05, 4.69) is 17.0 Å². The van der Waals surface area contributed by atoms with Gasteiger partial charge in [0.15, 0.2) is 11.5 Å². The smallest absolute Gasteiger partial charge is 0.231 e. The van der Waals surface area contributed by atoms with E-state index in [4.69, 9.17) is 14.2 Å². The maximum absolute atomic E-state index is 10.0. The molecule has 1 saturated heterocycles. The van der Waals surface area contributed by atoms with Crippen LogP contribution in [-0.4, -0.2) is 42.6 Å². The van der Waals surface area contributed by atoms with Gasteiger partial charge in [-0.15, -0.1) is 0 Å². The molecule has 3 heterocycles. The van der Waals surface area contributed by atoms with E-state index in [1.807, 2.05) is 6.08 Å². The molecule has 0 amide bonds. The number of nitrogens with zero attached hydrogens (tertiary/aromatic N) is 1. The van der Waals surface area contributed by atoms with Gasteiger partial charge in [-0.1, -0.05) is 12.2 Å². The molecule has 5 nitrogen and oxygen atoms in total. The van der Waals surface area contributed by atoms with Crippen molar-refractivity contribution in [3.63, 3.8) is 0 Å². The molecule has 1 aromatic rings. The van der Waals surface area contributed by atoms with E-state index in [1.165, 1.54) is 11.1 Å². The molecule has 1 fully saturated rings. The Labute approximate surface area is 129 Å². The molecule has 4 aliphatic rings. The molecular weight excluding hydrogens is 282 g/mol. The molecule has 3 aliphatic heterocycles. The summed E-state index contributed by atoms with van der Waals surface area (Å²) in [6.45, 7) is 2.15. The van der Waals surface area contributed by atoms with Gasteiger partial charge < -0.3 is 19.3 Å². The SMILES string of the molecule is COc1c2c(cc3c1OCO3)[C@@]13C=C[C@@H](O)C[C@@H]1N(CC3)C2. The molecule has 1 aromatic carbocycles. The minimum atomic E-state index is -0.337. The summed E-state index contributed by atoms with van der Waals surface area (Å²) in [7, 11) is 1.69. The Kier molecular flexibility index (Phi) is 2.43. The van der Waals surface area contributed by atoms with Crippen LogP contribution in [0.2, 0.25) is 0 Å². The van der Waals surface area contributed by atoms with Crippen LogP contribution in [0, 0.1) is 0 Å². The number of aliphatic hydroxyl groups is 1. The number of benzene rings is 1. The van der Waals surface area contributed by atoms with E-state index in [0.29, 0.717) is 6.04 Å². The lowest BCUT2D eigenvalue weighted by atomic mass is 9.66. The van der Waals surface area contributed by atoms with Crippen LogP contribution in [0.4, 0.5) is 0 Å². The van der Waals surface area contributed by atoms with Crippen LogP contribution in [0.15, 0.2) is 18.2 Å². The van der Waals surface area contributed by atoms with Gasteiger partial charge in [-0.05, 0) is 24.5 Å². The van der Waals surface area contributed by atoms with E-state index in [0.717, 1.165) is 43.2 Å². The molecule has 0 saturated carbocycles. The summed E-state index contributed by atoms with van der Waals surface area (Å²) in [4.78, 5) is 2.47. The summed E-state index contributed by atoms with van der Waals surface area (Å²) in [6, 6.07) is 2.50. The van der Waals surface area contributed by atoms with Crippen LogP contribution in [0.25, 0.3) is 0 Å². The minimum Gasteiger partial charge on any atom is -0.492 e. The van der Waals surface area contributed by atoms with Crippen molar-refractivity contribution in [2.75, 3.05) is 20.4 Å². The predicted octanol–water partition coefficient (Wildman–Crippen LogP) is 1.57. The van der Waals surface area contributed by atoms with Crippen molar-refractivity contribution < 1.29 is 19.3 Å². The molecule has 2 bridgehead atoms. The van der Waals surface area contributed by atoms with Gasteiger partial charge in [-0.2, -0.15) is 0 Å². The molecule has 0 spiro atoms. The number of aliphatic hydroxyl groups excluding tert-OH is 1. The molecule has 0 radical (unpaired) electrons. The fourth-order valence-corrected chi connectivity index (χ4v) is 4.76. The highest BCUT2D eigenvalue weighted by Gasteiger charge is 2.54. The standard InChI is InChI=1S/C17H19NO4/c1-20-15-11-8-18-5-4-17(3-2-10(19)6-14(17)18)12(11)7-13-16(15)22-9-21-13/h2-3,7,10,14,19H,4-6,8-9H2,1H3/t10-,14+,17+/m1/s1. The van der Waals surface area contributed by atoms with Crippen molar-refractivity contribution in [3.8, 4) is 17.2 Å². The highest BCUT2D eigenvalue weighted by Crippen LogP contribution is 2.56. The maximum Gasteiger partial charge on any atom is 0.231 e. The Morgan fingerprint density at radius 3 is 3.18 bits per heavy atom. The van der Waals surface area contributed by atoms with Crippen LogP contribution >= 0.6 is 0 Å². The van der Waals surface area contributed by atoms with Crippen LogP contribution < -0.4 is 14.2 Å². The molecule has 5 heteroatoms. The monoisotopic (exact) mass is 301 g/mol. The van der Waals surface area contributed by atoms with Crippen molar-refractivity contribution >= 4 is 0 Å². The Morgan fingerprint density at radius 2 is 2.32 bits per heavy atom. The van der Waals surface area contributed by atoms with Crippen molar-refractivity contribution in [2.24, 2.45) is 0 Å². The first-order valence-corrected chi connectivity index (χ1v) is 7.84. The summed E-state index contributed by atoms with van der Waals surface area (Å²) in [5, 5.41) is 10.0. The van der Waals surface area contributed by atoms with Crippen LogP contribution in [0.3, 0.4) is 0 Å². The second-order valence-corrected chi connectivity index (χ2v) is 6.61. The van der Waals surface area contributed by atoms with Gasteiger partial charge in [0.05, 0.1) is 13.2 Å². The number of methoxy groups -OCH3 is 1. The Balaban J connectivity index is 1.77. The Hall–Kier alpha value is -1.72. The van der Waals surface area contributed by atoms with Gasteiger partial charge in [-0.25, -0.2) is 0 Å². The van der Waals surface area contributed by atoms with Gasteiger partial charge in [0, 0.05) is 30.1 Å². The quantitative estimate of drug-likeness (QED) is 0.798. The molecular formula is C17H19NO4. The molecule has 0 aromatic heterocycles. The first-order chi connectivity index (χ1) is 10.7. The number of ether oxygens (including phenoxy) is 3. The lowest BCUT2D eigenvalue weighted by molar-refractivity contribution is 0.109. The second-order valence-electron chi connectivity index (χ2n) is 6.61. The van der Waals surface area contributed by atoms with Gasteiger partial charge in [0.1, 0.15) is 0 Å². The number of fused-ring (bicyclic) bond motifs is 2. The van der Waals surface area contributed by atoms with E-state index in [-0.39, 0.29) is 18.3 Å². The first-order valence-electron chi connectivity index (χ1n) is 7.84. The summed E-state index contributed by atoms with van der Waals surface area (Å²) < 4.78 is 16.9. The predicted molar refractivity (Wildman–Crippen MR) is 79.4 cm³/mol. The van der Waals surface area contributed by atoms with Crippen LogP contribution in [0.1, 0.15) is 24.0 Å². The highest BCUT2D eigenvalue weighted by atomic mass is 16.7. The molecule has 4 atom stereocenters. The zero-order valence-electron chi connectivity index (χ0n) is 12.5. The zero-order chi connectivity index (χ0) is 14.9. The fourth-order valence-electron chi connectivity index (χ4n) is 4.76. The minimum absolute atomic E-state index is 0.0267. The topological polar surface area (TPSA) is 51.2 Å². The van der Waals surface area contributed by atoms with Gasteiger partial charge in [0.25, 0.3) is 0 Å². The number of hydrogen-bond acceptors (Lipinski definition) is 5. The van der Waals surface area contributed by atoms with E-state index in [1.54, 1.807) is 7.11 Å². The molecule has 22 heavy (non-hydrogen) atoms. The summed E-state index contributed by atoms with van der Waals surface area (Å²) in [5.41, 5.74) is 2.47. The largest absolute Gasteiger partial charge is 0.492 e. The van der Waals surface area contributed by atoms with Crippen molar-refractivity contribution in [3.05, 3.63) is 29.3 Å². The number of rotatable bonds is 1. The van der Waals surface area contributed by atoms with Crippen LogP contribution in [0.5, 0.6) is 17.2 Å². The fraction of sp³-hybridized carbons (Fsp3) is 0.529. The summed E-state index contributed by atoms with van der Waals surface area (Å²) in [6.07, 6.45) is 5.71. The third kappa shape index (κ3) is 1.41. The number of hydrogen-bond donors (Lipinski definition) is 1. The van der Waals surface area contributed by atoms with Crippen molar-refractivity contribution in [1.82, 2.24) is 4.90 Å². The maximum atomic E-state index is 10.0. The molecule has 1 aliphatic carbocycles. The Morgan fingerprint density at radius 1 is 1.41 bits per heavy atom. The third-order valence-electron chi connectivity index (χ3n) is 5.72. The molecule has 1 unspecified atom stereocenters. The van der Waals surface area contributed by atoms with Crippen molar-refractivity contribution in [1.29, 1.82) is 0 Å². The van der Waals surface area contributed by atoms with Gasteiger partial charge in [0.2, 0.25) is 12.5 Å². The van der Waals surface area contributed by atoms with Gasteiger partial charge in [-0.3, -0.25) is 4.90 Å². The average molecular weight is 301 g/mol. The zero-order valence-corrected chi connectivity index (χ0v) is 12.5. The lowest BCUT2D eigenvalue weighted by Crippen LogP contribution is -2.49. The molecule has 5 rings (SSSR count). The first kappa shape index (κ1) is 12.8. The Bertz CT molecular complexity index is 686. The summed E-state index contributed by atoms with van der Waals surface area (Å²) >= 11 is 0. The molecule has 1 N–H and O–H groups in total. The lowest BCUT2D eigenvalue weighted by Gasteiger charge is -2.45. The van der Waals surface area contributed by atoms with Crippen LogP contribution in [-0.2, 0) is 12.0 Å². The van der Waals surface area contributed by atoms with E-state index in [9.17, 15) is 5.11 Å². The normalized spacial score (nSPS) is 36.9. The van der Waals surface area contributed by atoms with E-state index < -0.39 is 0 Å². The van der Waals surface area contributed by atoms with E-state index >= 15 is 0 Å². The third-order valence-corrected chi connectivity index (χ3v) is 5.72. The van der Waals surface area contributed by atoms with Gasteiger partial charge >= 0.3 is 0 Å². The second kappa shape index (κ2) is 4.18. The highest BCUT2D eigenvalue weighted by molar-refractivity contribution is 5.64.